The maximum absolute atomic E-state index is 9.27. The molecule has 0 aromatic carbocycles. The zero-order chi connectivity index (χ0) is 9.94. The molecule has 0 aromatic rings. The molecule has 13 heavy (non-hydrogen) atoms. The van der Waals surface area contributed by atoms with Gasteiger partial charge in [0.1, 0.15) is 12.7 Å². The van der Waals surface area contributed by atoms with Crippen LogP contribution in [0.2, 0.25) is 0 Å². The number of hydrogen-bond donors (Lipinski definition) is 2. The van der Waals surface area contributed by atoms with E-state index in [0.717, 1.165) is 19.3 Å². The van der Waals surface area contributed by atoms with Gasteiger partial charge in [0.05, 0.1) is 0 Å². The van der Waals surface area contributed by atoms with E-state index in [0.29, 0.717) is 6.42 Å². The first-order valence-corrected chi connectivity index (χ1v) is 4.58. The lowest BCUT2D eigenvalue weighted by Crippen LogP contribution is -2.01. The molecule has 2 heteroatoms. The van der Waals surface area contributed by atoms with Gasteiger partial charge in [0.25, 0.3) is 0 Å². The maximum Gasteiger partial charge on any atom is 0.115 e. The van der Waals surface area contributed by atoms with Gasteiger partial charge in [-0.3, -0.25) is 0 Å². The molecule has 0 bridgehead atoms. The Kier molecular flexibility index (Phi) is 8.46. The van der Waals surface area contributed by atoms with Crippen molar-refractivity contribution in [2.45, 2.75) is 38.7 Å². The van der Waals surface area contributed by atoms with Crippen molar-refractivity contribution in [2.75, 3.05) is 6.61 Å². The van der Waals surface area contributed by atoms with Gasteiger partial charge in [0.2, 0.25) is 0 Å². The highest BCUT2D eigenvalue weighted by Crippen LogP contribution is 2.01. The van der Waals surface area contributed by atoms with Gasteiger partial charge in [-0.05, 0) is 24.7 Å². The summed E-state index contributed by atoms with van der Waals surface area (Å²) in [5.41, 5.74) is 0. The third-order valence-electron chi connectivity index (χ3n) is 1.55. The Morgan fingerprint density at radius 3 is 2.62 bits per heavy atom. The largest absolute Gasteiger partial charge is 0.384 e. The van der Waals surface area contributed by atoms with Crippen LogP contribution >= 0.6 is 0 Å². The highest BCUT2D eigenvalue weighted by atomic mass is 16.3. The second-order valence-electron chi connectivity index (χ2n) is 2.74. The molecular weight excluding hydrogens is 164 g/mol. The van der Waals surface area contributed by atoms with Gasteiger partial charge < -0.3 is 10.2 Å². The minimum absolute atomic E-state index is 0.180. The van der Waals surface area contributed by atoms with E-state index in [1.807, 2.05) is 0 Å². The zero-order valence-electron chi connectivity index (χ0n) is 8.01. The second-order valence-corrected chi connectivity index (χ2v) is 2.74. The fourth-order valence-corrected chi connectivity index (χ4v) is 0.863. The first kappa shape index (κ1) is 12.0. The molecular formula is C11H16O2. The summed E-state index contributed by atoms with van der Waals surface area (Å²) in [6.45, 7) is 1.94. The van der Waals surface area contributed by atoms with Gasteiger partial charge in [-0.1, -0.05) is 31.6 Å². The lowest BCUT2D eigenvalue weighted by Gasteiger charge is -2.00. The summed E-state index contributed by atoms with van der Waals surface area (Å²) < 4.78 is 0. The van der Waals surface area contributed by atoms with E-state index in [2.05, 4.69) is 30.6 Å². The van der Waals surface area contributed by atoms with Crippen LogP contribution in [0, 0.1) is 23.7 Å². The normalized spacial score (nSPS) is 10.7. The summed E-state index contributed by atoms with van der Waals surface area (Å²) in [6, 6.07) is 0. The number of unbranched alkanes of at least 4 members (excludes halogenated alkanes) is 2. The summed E-state index contributed by atoms with van der Waals surface area (Å²) in [6.07, 6.45) is 3.41. The topological polar surface area (TPSA) is 40.5 Å². The lowest BCUT2D eigenvalue weighted by atomic mass is 10.1. The molecule has 0 rings (SSSR count). The fourth-order valence-electron chi connectivity index (χ4n) is 0.863. The van der Waals surface area contributed by atoms with Crippen molar-refractivity contribution in [1.82, 2.24) is 0 Å². The standard InChI is InChI=1S/C11H16O2/c1-2-3-5-8-11(13)9-6-4-7-10-12/h11-13H,2-3,5,8,10H2,1H3. The Labute approximate surface area is 80.0 Å². The predicted octanol–water partition coefficient (Wildman–Crippen LogP) is 0.927. The van der Waals surface area contributed by atoms with Gasteiger partial charge in [0, 0.05) is 0 Å². The van der Waals surface area contributed by atoms with E-state index in [1.165, 1.54) is 0 Å². The molecule has 0 spiro atoms. The van der Waals surface area contributed by atoms with Crippen molar-refractivity contribution in [1.29, 1.82) is 0 Å². The minimum Gasteiger partial charge on any atom is -0.384 e. The number of aliphatic hydroxyl groups is 2. The van der Waals surface area contributed by atoms with Crippen LogP contribution in [0.15, 0.2) is 0 Å². The molecule has 0 aliphatic carbocycles. The van der Waals surface area contributed by atoms with Crippen LogP contribution < -0.4 is 0 Å². The highest BCUT2D eigenvalue weighted by Gasteiger charge is 1.96. The fraction of sp³-hybridized carbons (Fsp3) is 0.636. The van der Waals surface area contributed by atoms with E-state index in [-0.39, 0.29) is 6.61 Å². The van der Waals surface area contributed by atoms with Crippen LogP contribution in [0.5, 0.6) is 0 Å². The van der Waals surface area contributed by atoms with E-state index >= 15 is 0 Å². The Bertz CT molecular complexity index is 224. The van der Waals surface area contributed by atoms with Crippen LogP contribution in [0.3, 0.4) is 0 Å². The Morgan fingerprint density at radius 2 is 2.00 bits per heavy atom. The van der Waals surface area contributed by atoms with Gasteiger partial charge >= 0.3 is 0 Å². The molecule has 2 N–H and O–H groups in total. The smallest absolute Gasteiger partial charge is 0.115 e. The summed E-state index contributed by atoms with van der Waals surface area (Å²) in [7, 11) is 0. The molecule has 0 aliphatic rings. The Hall–Kier alpha value is -0.960. The number of hydrogen-bond acceptors (Lipinski definition) is 2. The quantitative estimate of drug-likeness (QED) is 0.499. The molecule has 0 saturated carbocycles. The van der Waals surface area contributed by atoms with Crippen molar-refractivity contribution < 1.29 is 10.2 Å². The SMILES string of the molecule is CCCCCC(O)C#CC#CCO. The van der Waals surface area contributed by atoms with Crippen molar-refractivity contribution >= 4 is 0 Å². The molecule has 0 saturated heterocycles. The van der Waals surface area contributed by atoms with Crippen molar-refractivity contribution in [3.8, 4) is 23.7 Å². The number of aliphatic hydroxyl groups excluding tert-OH is 2. The summed E-state index contributed by atoms with van der Waals surface area (Å²) in [5.74, 6) is 9.92. The van der Waals surface area contributed by atoms with E-state index in [9.17, 15) is 5.11 Å². The van der Waals surface area contributed by atoms with Gasteiger partial charge in [-0.25, -0.2) is 0 Å². The van der Waals surface area contributed by atoms with Crippen LogP contribution in [0.4, 0.5) is 0 Å². The summed E-state index contributed by atoms with van der Waals surface area (Å²) >= 11 is 0. The monoisotopic (exact) mass is 180 g/mol. The molecule has 1 unspecified atom stereocenters. The first-order chi connectivity index (χ1) is 6.31. The predicted molar refractivity (Wildman–Crippen MR) is 52.8 cm³/mol. The molecule has 0 fully saturated rings. The average Bonchev–Trinajstić information content (AvgIpc) is 2.13. The molecule has 1 atom stereocenters. The van der Waals surface area contributed by atoms with Crippen molar-refractivity contribution in [3.05, 3.63) is 0 Å². The third-order valence-corrected chi connectivity index (χ3v) is 1.55. The second kappa shape index (κ2) is 9.13. The number of rotatable bonds is 4. The Morgan fingerprint density at radius 1 is 1.23 bits per heavy atom. The molecule has 0 radical (unpaired) electrons. The summed E-state index contributed by atoms with van der Waals surface area (Å²) in [5, 5.41) is 17.6. The molecule has 0 heterocycles. The van der Waals surface area contributed by atoms with Crippen LogP contribution in [-0.4, -0.2) is 22.9 Å². The van der Waals surface area contributed by atoms with Crippen molar-refractivity contribution in [2.24, 2.45) is 0 Å². The zero-order valence-corrected chi connectivity index (χ0v) is 8.01. The maximum atomic E-state index is 9.27. The summed E-state index contributed by atoms with van der Waals surface area (Å²) in [4.78, 5) is 0. The lowest BCUT2D eigenvalue weighted by molar-refractivity contribution is 0.217. The van der Waals surface area contributed by atoms with Gasteiger partial charge in [-0.15, -0.1) is 0 Å². The highest BCUT2D eigenvalue weighted by molar-refractivity contribution is 5.27. The minimum atomic E-state index is -0.570. The van der Waals surface area contributed by atoms with Crippen LogP contribution in [0.1, 0.15) is 32.6 Å². The van der Waals surface area contributed by atoms with E-state index < -0.39 is 6.10 Å². The average molecular weight is 180 g/mol. The van der Waals surface area contributed by atoms with Crippen LogP contribution in [0.25, 0.3) is 0 Å². The first-order valence-electron chi connectivity index (χ1n) is 4.58. The molecule has 2 nitrogen and oxygen atoms in total. The van der Waals surface area contributed by atoms with Gasteiger partial charge in [0.15, 0.2) is 0 Å². The van der Waals surface area contributed by atoms with Crippen LogP contribution in [-0.2, 0) is 0 Å². The molecule has 0 aromatic heterocycles. The molecule has 72 valence electrons. The molecule has 0 aliphatic heterocycles. The van der Waals surface area contributed by atoms with E-state index in [4.69, 9.17) is 5.11 Å². The van der Waals surface area contributed by atoms with Gasteiger partial charge in [-0.2, -0.15) is 0 Å². The third kappa shape index (κ3) is 8.95. The Balaban J connectivity index is 3.57. The molecule has 0 amide bonds. The van der Waals surface area contributed by atoms with Crippen molar-refractivity contribution in [3.63, 3.8) is 0 Å². The van der Waals surface area contributed by atoms with E-state index in [1.54, 1.807) is 0 Å².